The summed E-state index contributed by atoms with van der Waals surface area (Å²) in [6.07, 6.45) is 0.718. The zero-order valence-electron chi connectivity index (χ0n) is 12.1. The van der Waals surface area contributed by atoms with Gasteiger partial charge in [-0.15, -0.1) is 0 Å². The molecule has 3 heteroatoms. The average molecular weight is 273 g/mol. The SMILES string of the molecule is COc1cc(C(N)Cc2ccc(C)c(C)c2)ccc1F. The van der Waals surface area contributed by atoms with Gasteiger partial charge in [-0.3, -0.25) is 0 Å². The van der Waals surface area contributed by atoms with Crippen molar-refractivity contribution in [2.24, 2.45) is 5.73 Å². The summed E-state index contributed by atoms with van der Waals surface area (Å²) < 4.78 is 18.4. The standard InChI is InChI=1S/C17H20FNO/c1-11-4-5-13(8-12(11)2)9-16(19)14-6-7-15(18)17(10-14)20-3/h4-8,10,16H,9,19H2,1-3H3. The number of aryl methyl sites for hydroxylation is 2. The molecule has 0 heterocycles. The summed E-state index contributed by atoms with van der Waals surface area (Å²) in [4.78, 5) is 0. The molecule has 0 aliphatic rings. The first kappa shape index (κ1) is 14.5. The minimum atomic E-state index is -0.366. The third-order valence-electron chi connectivity index (χ3n) is 3.63. The van der Waals surface area contributed by atoms with Crippen LogP contribution in [-0.4, -0.2) is 7.11 Å². The molecule has 0 spiro atoms. The second-order valence-electron chi connectivity index (χ2n) is 5.12. The van der Waals surface area contributed by atoms with Crippen LogP contribution in [0.5, 0.6) is 5.75 Å². The van der Waals surface area contributed by atoms with Crippen LogP contribution in [0.3, 0.4) is 0 Å². The highest BCUT2D eigenvalue weighted by Crippen LogP contribution is 2.24. The van der Waals surface area contributed by atoms with Crippen molar-refractivity contribution in [3.63, 3.8) is 0 Å². The summed E-state index contributed by atoms with van der Waals surface area (Å²) in [5.41, 5.74) is 10.8. The van der Waals surface area contributed by atoms with E-state index < -0.39 is 0 Å². The summed E-state index contributed by atoms with van der Waals surface area (Å²) in [6, 6.07) is 10.9. The van der Waals surface area contributed by atoms with E-state index in [1.165, 1.54) is 29.9 Å². The molecule has 2 N–H and O–H groups in total. The predicted octanol–water partition coefficient (Wildman–Crippen LogP) is 3.69. The van der Waals surface area contributed by atoms with Crippen LogP contribution >= 0.6 is 0 Å². The summed E-state index contributed by atoms with van der Waals surface area (Å²) in [5, 5.41) is 0. The number of hydrogen-bond donors (Lipinski definition) is 1. The number of nitrogens with two attached hydrogens (primary N) is 1. The van der Waals surface area contributed by atoms with Gasteiger partial charge in [-0.2, -0.15) is 0 Å². The third-order valence-corrected chi connectivity index (χ3v) is 3.63. The maximum atomic E-state index is 13.4. The van der Waals surface area contributed by atoms with Gasteiger partial charge < -0.3 is 10.5 Å². The fourth-order valence-electron chi connectivity index (χ4n) is 2.21. The lowest BCUT2D eigenvalue weighted by Gasteiger charge is -2.14. The molecule has 1 atom stereocenters. The van der Waals surface area contributed by atoms with Gasteiger partial charge in [0.1, 0.15) is 0 Å². The van der Waals surface area contributed by atoms with Crippen molar-refractivity contribution >= 4 is 0 Å². The van der Waals surface area contributed by atoms with Gasteiger partial charge in [0.2, 0.25) is 0 Å². The Morgan fingerprint density at radius 3 is 2.50 bits per heavy atom. The minimum Gasteiger partial charge on any atom is -0.494 e. The second-order valence-corrected chi connectivity index (χ2v) is 5.12. The molecule has 1 unspecified atom stereocenters. The van der Waals surface area contributed by atoms with Crippen LogP contribution in [0.25, 0.3) is 0 Å². The highest BCUT2D eigenvalue weighted by Gasteiger charge is 2.11. The molecular weight excluding hydrogens is 253 g/mol. The Bertz CT molecular complexity index is 610. The number of ether oxygens (including phenoxy) is 1. The van der Waals surface area contributed by atoms with E-state index in [0.29, 0.717) is 0 Å². The average Bonchev–Trinajstić information content (AvgIpc) is 2.43. The number of hydrogen-bond acceptors (Lipinski definition) is 2. The molecule has 0 radical (unpaired) electrons. The van der Waals surface area contributed by atoms with Crippen molar-refractivity contribution in [2.75, 3.05) is 7.11 Å². The normalized spacial score (nSPS) is 12.2. The number of methoxy groups -OCH3 is 1. The monoisotopic (exact) mass is 273 g/mol. The maximum Gasteiger partial charge on any atom is 0.165 e. The van der Waals surface area contributed by atoms with Gasteiger partial charge in [0.25, 0.3) is 0 Å². The zero-order chi connectivity index (χ0) is 14.7. The molecule has 106 valence electrons. The largest absolute Gasteiger partial charge is 0.494 e. The Kier molecular flexibility index (Phi) is 4.40. The van der Waals surface area contributed by atoms with Crippen LogP contribution in [0, 0.1) is 19.7 Å². The molecule has 2 aromatic carbocycles. The first-order valence-electron chi connectivity index (χ1n) is 6.66. The molecule has 0 saturated carbocycles. The smallest absolute Gasteiger partial charge is 0.165 e. The van der Waals surface area contributed by atoms with Gasteiger partial charge in [-0.05, 0) is 54.7 Å². The van der Waals surface area contributed by atoms with Crippen molar-refractivity contribution in [3.8, 4) is 5.75 Å². The summed E-state index contributed by atoms with van der Waals surface area (Å²) in [6.45, 7) is 4.18. The number of benzene rings is 2. The molecule has 2 rings (SSSR count). The van der Waals surface area contributed by atoms with Gasteiger partial charge in [0, 0.05) is 6.04 Å². The van der Waals surface area contributed by atoms with E-state index >= 15 is 0 Å². The highest BCUT2D eigenvalue weighted by molar-refractivity contribution is 5.34. The fourth-order valence-corrected chi connectivity index (χ4v) is 2.21. The van der Waals surface area contributed by atoms with Crippen LogP contribution in [-0.2, 0) is 6.42 Å². The van der Waals surface area contributed by atoms with Gasteiger partial charge in [-0.1, -0.05) is 24.3 Å². The molecule has 20 heavy (non-hydrogen) atoms. The Labute approximate surface area is 119 Å². The first-order chi connectivity index (χ1) is 9.51. The van der Waals surface area contributed by atoms with E-state index in [0.717, 1.165) is 12.0 Å². The van der Waals surface area contributed by atoms with Gasteiger partial charge in [-0.25, -0.2) is 4.39 Å². The predicted molar refractivity (Wildman–Crippen MR) is 79.5 cm³/mol. The van der Waals surface area contributed by atoms with E-state index in [4.69, 9.17) is 10.5 Å². The summed E-state index contributed by atoms with van der Waals surface area (Å²) >= 11 is 0. The van der Waals surface area contributed by atoms with Gasteiger partial charge in [0.05, 0.1) is 7.11 Å². The molecule has 0 aromatic heterocycles. The van der Waals surface area contributed by atoms with Crippen molar-refractivity contribution in [1.29, 1.82) is 0 Å². The molecule has 0 fully saturated rings. The summed E-state index contributed by atoms with van der Waals surface area (Å²) in [7, 11) is 1.46. The lowest BCUT2D eigenvalue weighted by atomic mass is 9.97. The second kappa shape index (κ2) is 6.06. The van der Waals surface area contributed by atoms with E-state index in [9.17, 15) is 4.39 Å². The van der Waals surface area contributed by atoms with Crippen molar-refractivity contribution in [1.82, 2.24) is 0 Å². The molecule has 0 saturated heterocycles. The molecule has 0 aliphatic heterocycles. The van der Waals surface area contributed by atoms with E-state index in [1.807, 2.05) is 0 Å². The Hall–Kier alpha value is -1.87. The molecule has 0 amide bonds. The first-order valence-corrected chi connectivity index (χ1v) is 6.66. The van der Waals surface area contributed by atoms with Gasteiger partial charge >= 0.3 is 0 Å². The third kappa shape index (κ3) is 3.17. The van der Waals surface area contributed by atoms with Crippen molar-refractivity contribution in [3.05, 3.63) is 64.5 Å². The Morgan fingerprint density at radius 1 is 1.10 bits per heavy atom. The maximum absolute atomic E-state index is 13.4. The topological polar surface area (TPSA) is 35.2 Å². The number of rotatable bonds is 4. The fraction of sp³-hybridized carbons (Fsp3) is 0.294. The minimum absolute atomic E-state index is 0.174. The Morgan fingerprint density at radius 2 is 1.85 bits per heavy atom. The van der Waals surface area contributed by atoms with Gasteiger partial charge in [0.15, 0.2) is 11.6 Å². The van der Waals surface area contributed by atoms with Crippen LogP contribution in [0.15, 0.2) is 36.4 Å². The molecule has 0 bridgehead atoms. The van der Waals surface area contributed by atoms with Crippen molar-refractivity contribution in [2.45, 2.75) is 26.3 Å². The summed E-state index contributed by atoms with van der Waals surface area (Å²) in [5.74, 6) is -0.132. The molecular formula is C17H20FNO. The van der Waals surface area contributed by atoms with E-state index in [2.05, 4.69) is 32.0 Å². The molecule has 2 nitrogen and oxygen atoms in total. The molecule has 2 aromatic rings. The van der Waals surface area contributed by atoms with E-state index in [1.54, 1.807) is 12.1 Å². The van der Waals surface area contributed by atoms with Crippen LogP contribution in [0.2, 0.25) is 0 Å². The lowest BCUT2D eigenvalue weighted by Crippen LogP contribution is -2.13. The lowest BCUT2D eigenvalue weighted by molar-refractivity contribution is 0.385. The zero-order valence-corrected chi connectivity index (χ0v) is 12.1. The number of halogens is 1. The van der Waals surface area contributed by atoms with E-state index in [-0.39, 0.29) is 17.6 Å². The van der Waals surface area contributed by atoms with Crippen LogP contribution in [0.1, 0.15) is 28.3 Å². The van der Waals surface area contributed by atoms with Crippen LogP contribution < -0.4 is 10.5 Å². The molecule has 0 aliphatic carbocycles. The Balaban J connectivity index is 2.19. The van der Waals surface area contributed by atoms with Crippen LogP contribution in [0.4, 0.5) is 4.39 Å². The van der Waals surface area contributed by atoms with Crippen molar-refractivity contribution < 1.29 is 9.13 Å². The quantitative estimate of drug-likeness (QED) is 0.922. The highest BCUT2D eigenvalue weighted by atomic mass is 19.1.